The molecule has 0 radical (unpaired) electrons. The highest BCUT2D eigenvalue weighted by Crippen LogP contribution is 2.11. The zero-order valence-electron chi connectivity index (χ0n) is 10.4. The molecule has 0 aliphatic rings. The van der Waals surface area contributed by atoms with Gasteiger partial charge in [0.2, 0.25) is 0 Å². The molecule has 0 spiro atoms. The van der Waals surface area contributed by atoms with E-state index in [2.05, 4.69) is 5.32 Å². The van der Waals surface area contributed by atoms with Gasteiger partial charge < -0.3 is 15.2 Å². The molecule has 5 heteroatoms. The second-order valence-electron chi connectivity index (χ2n) is 4.05. The van der Waals surface area contributed by atoms with E-state index in [0.717, 1.165) is 0 Å². The molecule has 5 nitrogen and oxygen atoms in total. The van der Waals surface area contributed by atoms with Gasteiger partial charge in [0.1, 0.15) is 11.8 Å². The number of hydrogen-bond acceptors (Lipinski definition) is 3. The van der Waals surface area contributed by atoms with Gasteiger partial charge in [-0.25, -0.2) is 9.59 Å². The zero-order chi connectivity index (χ0) is 13.5. The molecule has 1 amide bonds. The Bertz CT molecular complexity index is 405. The summed E-state index contributed by atoms with van der Waals surface area (Å²) in [5.41, 5.74) is 0. The standard InChI is InChI=1S/C13H17NO4/c1-3-9(2)11(12(15)16)14-13(17)18-10-7-5-4-6-8-10/h4-9,11H,3H2,1-2H3,(H,14,17)(H,15,16). The van der Waals surface area contributed by atoms with E-state index in [9.17, 15) is 9.59 Å². The maximum absolute atomic E-state index is 11.6. The van der Waals surface area contributed by atoms with E-state index in [1.54, 1.807) is 37.3 Å². The van der Waals surface area contributed by atoms with Crippen molar-refractivity contribution in [3.05, 3.63) is 30.3 Å². The van der Waals surface area contributed by atoms with Crippen LogP contribution in [0.3, 0.4) is 0 Å². The molecule has 2 N–H and O–H groups in total. The number of nitrogens with one attached hydrogen (secondary N) is 1. The molecule has 2 unspecified atom stereocenters. The third kappa shape index (κ3) is 4.08. The molecule has 98 valence electrons. The lowest BCUT2D eigenvalue weighted by Gasteiger charge is -2.19. The Morgan fingerprint density at radius 3 is 2.44 bits per heavy atom. The summed E-state index contributed by atoms with van der Waals surface area (Å²) in [5.74, 6) is -0.844. The topological polar surface area (TPSA) is 75.6 Å². The van der Waals surface area contributed by atoms with Crippen molar-refractivity contribution in [1.82, 2.24) is 5.32 Å². The third-order valence-electron chi connectivity index (χ3n) is 2.71. The van der Waals surface area contributed by atoms with E-state index in [4.69, 9.17) is 9.84 Å². The van der Waals surface area contributed by atoms with Gasteiger partial charge in [-0.3, -0.25) is 0 Å². The first kappa shape index (κ1) is 14.0. The fourth-order valence-corrected chi connectivity index (χ4v) is 1.44. The van der Waals surface area contributed by atoms with Crippen molar-refractivity contribution < 1.29 is 19.4 Å². The Morgan fingerprint density at radius 1 is 1.33 bits per heavy atom. The number of amides is 1. The Labute approximate surface area is 106 Å². The van der Waals surface area contributed by atoms with Gasteiger partial charge in [0, 0.05) is 0 Å². The molecule has 1 rings (SSSR count). The van der Waals surface area contributed by atoms with Crippen molar-refractivity contribution in [3.8, 4) is 5.75 Å². The first-order valence-corrected chi connectivity index (χ1v) is 5.80. The van der Waals surface area contributed by atoms with E-state index >= 15 is 0 Å². The third-order valence-corrected chi connectivity index (χ3v) is 2.71. The average molecular weight is 251 g/mol. The summed E-state index contributed by atoms with van der Waals surface area (Å²) >= 11 is 0. The summed E-state index contributed by atoms with van der Waals surface area (Å²) in [6.45, 7) is 3.63. The molecule has 0 heterocycles. The molecule has 0 saturated carbocycles. The molecule has 0 aliphatic carbocycles. The van der Waals surface area contributed by atoms with Crippen LogP contribution in [-0.4, -0.2) is 23.2 Å². The summed E-state index contributed by atoms with van der Waals surface area (Å²) in [4.78, 5) is 22.6. The van der Waals surface area contributed by atoms with Gasteiger partial charge in [-0.15, -0.1) is 0 Å². The predicted octanol–water partition coefficient (Wildman–Crippen LogP) is 2.27. The molecule has 1 aromatic rings. The normalized spacial score (nSPS) is 13.4. The van der Waals surface area contributed by atoms with Crippen molar-refractivity contribution in [2.45, 2.75) is 26.3 Å². The van der Waals surface area contributed by atoms with Gasteiger partial charge in [-0.2, -0.15) is 0 Å². The van der Waals surface area contributed by atoms with E-state index < -0.39 is 18.1 Å². The molecular formula is C13H17NO4. The van der Waals surface area contributed by atoms with Crippen LogP contribution in [0.5, 0.6) is 5.75 Å². The summed E-state index contributed by atoms with van der Waals surface area (Å²) in [6, 6.07) is 7.56. The van der Waals surface area contributed by atoms with Gasteiger partial charge in [0.05, 0.1) is 0 Å². The lowest BCUT2D eigenvalue weighted by molar-refractivity contribution is -0.140. The minimum absolute atomic E-state index is 0.161. The van der Waals surface area contributed by atoms with Crippen LogP contribution in [0.1, 0.15) is 20.3 Å². The Balaban J connectivity index is 2.60. The maximum Gasteiger partial charge on any atom is 0.413 e. The second kappa shape index (κ2) is 6.64. The highest BCUT2D eigenvalue weighted by atomic mass is 16.6. The molecule has 0 bridgehead atoms. The molecule has 2 atom stereocenters. The van der Waals surface area contributed by atoms with Crippen molar-refractivity contribution >= 4 is 12.1 Å². The fourth-order valence-electron chi connectivity index (χ4n) is 1.44. The minimum atomic E-state index is -1.06. The number of carbonyl (C=O) groups excluding carboxylic acids is 1. The van der Waals surface area contributed by atoms with Gasteiger partial charge >= 0.3 is 12.1 Å². The molecule has 1 aromatic carbocycles. The molecule has 0 saturated heterocycles. The predicted molar refractivity (Wildman–Crippen MR) is 66.5 cm³/mol. The monoisotopic (exact) mass is 251 g/mol. The lowest BCUT2D eigenvalue weighted by atomic mass is 10.00. The van der Waals surface area contributed by atoms with E-state index in [1.807, 2.05) is 6.92 Å². The van der Waals surface area contributed by atoms with E-state index in [-0.39, 0.29) is 5.92 Å². The Hall–Kier alpha value is -2.04. The van der Waals surface area contributed by atoms with Gasteiger partial charge in [-0.1, -0.05) is 38.5 Å². The minimum Gasteiger partial charge on any atom is -0.480 e. The van der Waals surface area contributed by atoms with Crippen molar-refractivity contribution in [2.24, 2.45) is 5.92 Å². The number of carbonyl (C=O) groups is 2. The van der Waals surface area contributed by atoms with E-state index in [0.29, 0.717) is 12.2 Å². The van der Waals surface area contributed by atoms with Crippen LogP contribution in [0, 0.1) is 5.92 Å². The maximum atomic E-state index is 11.6. The summed E-state index contributed by atoms with van der Waals surface area (Å²) < 4.78 is 4.98. The Kier molecular flexibility index (Phi) is 5.17. The van der Waals surface area contributed by atoms with Crippen LogP contribution in [0.2, 0.25) is 0 Å². The number of rotatable bonds is 5. The van der Waals surface area contributed by atoms with Crippen LogP contribution in [-0.2, 0) is 4.79 Å². The highest BCUT2D eigenvalue weighted by molar-refractivity contribution is 5.81. The van der Waals surface area contributed by atoms with Gasteiger partial charge in [-0.05, 0) is 18.1 Å². The molecule has 0 aromatic heterocycles. The van der Waals surface area contributed by atoms with Crippen LogP contribution >= 0.6 is 0 Å². The van der Waals surface area contributed by atoms with Crippen molar-refractivity contribution in [2.75, 3.05) is 0 Å². The number of aliphatic carboxylic acids is 1. The van der Waals surface area contributed by atoms with E-state index in [1.165, 1.54) is 0 Å². The lowest BCUT2D eigenvalue weighted by Crippen LogP contribution is -2.46. The Morgan fingerprint density at radius 2 is 1.94 bits per heavy atom. The largest absolute Gasteiger partial charge is 0.480 e. The molecule has 18 heavy (non-hydrogen) atoms. The number of hydrogen-bond donors (Lipinski definition) is 2. The molecule has 0 fully saturated rings. The SMILES string of the molecule is CCC(C)C(NC(=O)Oc1ccccc1)C(=O)O. The zero-order valence-corrected chi connectivity index (χ0v) is 10.4. The summed E-state index contributed by atoms with van der Waals surface area (Å²) in [7, 11) is 0. The number of carboxylic acid groups (broad SMARTS) is 1. The van der Waals surface area contributed by atoms with Crippen LogP contribution < -0.4 is 10.1 Å². The smallest absolute Gasteiger partial charge is 0.413 e. The van der Waals surface area contributed by atoms with Crippen molar-refractivity contribution in [1.29, 1.82) is 0 Å². The quantitative estimate of drug-likeness (QED) is 0.841. The van der Waals surface area contributed by atoms with Gasteiger partial charge in [0.25, 0.3) is 0 Å². The number of ether oxygens (including phenoxy) is 1. The average Bonchev–Trinajstić information content (AvgIpc) is 2.36. The van der Waals surface area contributed by atoms with Crippen molar-refractivity contribution in [3.63, 3.8) is 0 Å². The number of para-hydroxylation sites is 1. The first-order chi connectivity index (χ1) is 8.54. The fraction of sp³-hybridized carbons (Fsp3) is 0.385. The van der Waals surface area contributed by atoms with Crippen LogP contribution in [0.15, 0.2) is 30.3 Å². The number of benzene rings is 1. The molecule has 0 aliphatic heterocycles. The highest BCUT2D eigenvalue weighted by Gasteiger charge is 2.25. The van der Waals surface area contributed by atoms with Crippen LogP contribution in [0.25, 0.3) is 0 Å². The van der Waals surface area contributed by atoms with Crippen LogP contribution in [0.4, 0.5) is 4.79 Å². The second-order valence-corrected chi connectivity index (χ2v) is 4.05. The summed E-state index contributed by atoms with van der Waals surface area (Å²) in [5, 5.41) is 11.4. The first-order valence-electron chi connectivity index (χ1n) is 5.80. The summed E-state index contributed by atoms with van der Waals surface area (Å²) in [6.07, 6.45) is -0.100. The van der Waals surface area contributed by atoms with Gasteiger partial charge in [0.15, 0.2) is 0 Å². The number of carboxylic acids is 1. The molecular weight excluding hydrogens is 234 g/mol.